The first-order valence-electron chi connectivity index (χ1n) is 9.94. The van der Waals surface area contributed by atoms with Gasteiger partial charge in [-0.1, -0.05) is 18.2 Å². The van der Waals surface area contributed by atoms with E-state index in [0.717, 1.165) is 27.6 Å². The van der Waals surface area contributed by atoms with E-state index in [1.54, 1.807) is 24.8 Å². The van der Waals surface area contributed by atoms with Gasteiger partial charge in [0.05, 0.1) is 16.8 Å². The first-order chi connectivity index (χ1) is 14.6. The number of benzene rings is 1. The van der Waals surface area contributed by atoms with Crippen molar-refractivity contribution in [2.75, 3.05) is 6.54 Å². The van der Waals surface area contributed by atoms with Crippen LogP contribution in [0, 0.1) is 13.8 Å². The maximum atomic E-state index is 13.6. The summed E-state index contributed by atoms with van der Waals surface area (Å²) in [7, 11) is 0. The number of hydrogen-bond donors (Lipinski definition) is 0. The van der Waals surface area contributed by atoms with Gasteiger partial charge in [0, 0.05) is 48.8 Å². The van der Waals surface area contributed by atoms with Crippen LogP contribution in [-0.4, -0.2) is 37.3 Å². The highest BCUT2D eigenvalue weighted by Crippen LogP contribution is 2.27. The maximum Gasteiger partial charge on any atom is 0.254 e. The van der Waals surface area contributed by atoms with Crippen molar-refractivity contribution < 1.29 is 4.79 Å². The number of nitrogens with zero attached hydrogens (tertiary/aromatic N) is 5. The van der Waals surface area contributed by atoms with Crippen LogP contribution in [0.15, 0.2) is 61.2 Å². The predicted octanol–water partition coefficient (Wildman–Crippen LogP) is 4.37. The standard InChI is InChI=1S/C24H23N5O/c1-4-29(15-18-8-10-25-11-9-18)24(30)21-12-22(19-13-26-17(3)27-14-19)28-23-16(2)6-5-7-20(21)23/h5-14H,4,15H2,1-3H3. The van der Waals surface area contributed by atoms with Crippen LogP contribution >= 0.6 is 0 Å². The average Bonchev–Trinajstić information content (AvgIpc) is 2.78. The fourth-order valence-corrected chi connectivity index (χ4v) is 3.45. The van der Waals surface area contributed by atoms with E-state index in [4.69, 9.17) is 4.98 Å². The topological polar surface area (TPSA) is 71.9 Å². The van der Waals surface area contributed by atoms with Gasteiger partial charge >= 0.3 is 0 Å². The Morgan fingerprint density at radius 2 is 1.77 bits per heavy atom. The molecule has 30 heavy (non-hydrogen) atoms. The van der Waals surface area contributed by atoms with Crippen LogP contribution in [0.2, 0.25) is 0 Å². The van der Waals surface area contributed by atoms with Crippen molar-refractivity contribution in [3.8, 4) is 11.3 Å². The number of aryl methyl sites for hydroxylation is 2. The Balaban J connectivity index is 1.82. The van der Waals surface area contributed by atoms with E-state index in [1.807, 2.05) is 62.1 Å². The van der Waals surface area contributed by atoms with E-state index in [0.29, 0.717) is 30.2 Å². The number of para-hydroxylation sites is 1. The number of fused-ring (bicyclic) bond motifs is 1. The molecule has 4 aromatic rings. The minimum atomic E-state index is -0.0263. The molecule has 4 rings (SSSR count). The largest absolute Gasteiger partial charge is 0.335 e. The van der Waals surface area contributed by atoms with Gasteiger partial charge in [0.25, 0.3) is 5.91 Å². The van der Waals surface area contributed by atoms with Crippen molar-refractivity contribution in [3.05, 3.63) is 83.7 Å². The summed E-state index contributed by atoms with van der Waals surface area (Å²) in [6.45, 7) is 6.96. The molecular weight excluding hydrogens is 374 g/mol. The lowest BCUT2D eigenvalue weighted by atomic mass is 10.0. The minimum Gasteiger partial charge on any atom is -0.335 e. The van der Waals surface area contributed by atoms with E-state index < -0.39 is 0 Å². The highest BCUT2D eigenvalue weighted by Gasteiger charge is 2.20. The molecule has 0 atom stereocenters. The van der Waals surface area contributed by atoms with Crippen LogP contribution < -0.4 is 0 Å². The monoisotopic (exact) mass is 397 g/mol. The van der Waals surface area contributed by atoms with Crippen LogP contribution in [0.5, 0.6) is 0 Å². The molecular formula is C24H23N5O. The van der Waals surface area contributed by atoms with E-state index in [9.17, 15) is 4.79 Å². The molecule has 0 aliphatic heterocycles. The van der Waals surface area contributed by atoms with Crippen molar-refractivity contribution in [2.45, 2.75) is 27.3 Å². The molecule has 0 aliphatic rings. The molecule has 3 aromatic heterocycles. The lowest BCUT2D eigenvalue weighted by Gasteiger charge is -2.22. The second kappa shape index (κ2) is 8.37. The number of pyridine rings is 2. The van der Waals surface area contributed by atoms with Crippen LogP contribution in [-0.2, 0) is 6.54 Å². The fourth-order valence-electron chi connectivity index (χ4n) is 3.45. The van der Waals surface area contributed by atoms with Crippen molar-refractivity contribution >= 4 is 16.8 Å². The van der Waals surface area contributed by atoms with Crippen molar-refractivity contribution in [3.63, 3.8) is 0 Å². The molecule has 0 spiro atoms. The molecule has 1 aromatic carbocycles. The quantitative estimate of drug-likeness (QED) is 0.500. The minimum absolute atomic E-state index is 0.0263. The summed E-state index contributed by atoms with van der Waals surface area (Å²) >= 11 is 0. The third kappa shape index (κ3) is 3.89. The normalized spacial score (nSPS) is 10.9. The Hall–Kier alpha value is -3.67. The van der Waals surface area contributed by atoms with E-state index >= 15 is 0 Å². The van der Waals surface area contributed by atoms with Gasteiger partial charge in [0.1, 0.15) is 5.82 Å². The Labute approximate surface area is 175 Å². The molecule has 0 unspecified atom stereocenters. The summed E-state index contributed by atoms with van der Waals surface area (Å²) in [6, 6.07) is 11.6. The number of aromatic nitrogens is 4. The summed E-state index contributed by atoms with van der Waals surface area (Å²) in [4.78, 5) is 32.9. The third-order valence-electron chi connectivity index (χ3n) is 5.14. The van der Waals surface area contributed by atoms with Crippen molar-refractivity contribution in [1.82, 2.24) is 24.8 Å². The fraction of sp³-hybridized carbons (Fsp3) is 0.208. The molecule has 0 N–H and O–H groups in total. The number of rotatable bonds is 5. The number of carbonyl (C=O) groups is 1. The lowest BCUT2D eigenvalue weighted by molar-refractivity contribution is 0.0754. The molecule has 0 saturated carbocycles. The van der Waals surface area contributed by atoms with Crippen molar-refractivity contribution in [2.24, 2.45) is 0 Å². The van der Waals surface area contributed by atoms with Crippen molar-refractivity contribution in [1.29, 1.82) is 0 Å². The summed E-state index contributed by atoms with van der Waals surface area (Å²) < 4.78 is 0. The molecule has 6 heteroatoms. The number of hydrogen-bond acceptors (Lipinski definition) is 5. The Kier molecular flexibility index (Phi) is 5.48. The molecule has 150 valence electrons. The zero-order chi connectivity index (χ0) is 21.1. The Morgan fingerprint density at radius 3 is 2.47 bits per heavy atom. The zero-order valence-corrected chi connectivity index (χ0v) is 17.3. The van der Waals surface area contributed by atoms with Gasteiger partial charge in [-0.15, -0.1) is 0 Å². The molecule has 6 nitrogen and oxygen atoms in total. The van der Waals surface area contributed by atoms with Crippen LogP contribution in [0.3, 0.4) is 0 Å². The lowest BCUT2D eigenvalue weighted by Crippen LogP contribution is -2.30. The van der Waals surface area contributed by atoms with E-state index in [1.165, 1.54) is 0 Å². The van der Waals surface area contributed by atoms with Gasteiger partial charge in [0.2, 0.25) is 0 Å². The molecule has 0 bridgehead atoms. The zero-order valence-electron chi connectivity index (χ0n) is 17.3. The molecule has 3 heterocycles. The van der Waals surface area contributed by atoms with E-state index in [-0.39, 0.29) is 5.91 Å². The van der Waals surface area contributed by atoms with E-state index in [2.05, 4.69) is 15.0 Å². The van der Waals surface area contributed by atoms with Gasteiger partial charge in [-0.25, -0.2) is 15.0 Å². The third-order valence-corrected chi connectivity index (χ3v) is 5.14. The molecule has 0 radical (unpaired) electrons. The second-order valence-corrected chi connectivity index (χ2v) is 7.22. The van der Waals surface area contributed by atoms with Gasteiger partial charge in [-0.2, -0.15) is 0 Å². The number of amides is 1. The summed E-state index contributed by atoms with van der Waals surface area (Å²) in [5, 5.41) is 0.852. The highest BCUT2D eigenvalue weighted by atomic mass is 16.2. The van der Waals surface area contributed by atoms with Gasteiger partial charge < -0.3 is 4.90 Å². The van der Waals surface area contributed by atoms with Gasteiger partial charge in [-0.05, 0) is 50.1 Å². The molecule has 0 fully saturated rings. The summed E-state index contributed by atoms with van der Waals surface area (Å²) in [5.41, 5.74) is 5.00. The number of carbonyl (C=O) groups excluding carboxylic acids is 1. The van der Waals surface area contributed by atoms with Crippen LogP contribution in [0.25, 0.3) is 22.2 Å². The highest BCUT2D eigenvalue weighted by molar-refractivity contribution is 6.07. The summed E-state index contributed by atoms with van der Waals surface area (Å²) in [6.07, 6.45) is 6.98. The first-order valence-corrected chi connectivity index (χ1v) is 9.94. The smallest absolute Gasteiger partial charge is 0.254 e. The van der Waals surface area contributed by atoms with Gasteiger partial charge in [0.15, 0.2) is 0 Å². The van der Waals surface area contributed by atoms with Crippen LogP contribution in [0.4, 0.5) is 0 Å². The molecule has 0 saturated heterocycles. The average molecular weight is 397 g/mol. The predicted molar refractivity (Wildman–Crippen MR) is 117 cm³/mol. The molecule has 1 amide bonds. The van der Waals surface area contributed by atoms with Gasteiger partial charge in [-0.3, -0.25) is 9.78 Å². The maximum absolute atomic E-state index is 13.6. The second-order valence-electron chi connectivity index (χ2n) is 7.22. The first kappa shape index (κ1) is 19.6. The summed E-state index contributed by atoms with van der Waals surface area (Å²) in [5.74, 6) is 0.670. The van der Waals surface area contributed by atoms with Crippen LogP contribution in [0.1, 0.15) is 34.2 Å². The Bertz CT molecular complexity index is 1190. The molecule has 0 aliphatic carbocycles. The Morgan fingerprint density at radius 1 is 1.03 bits per heavy atom. The SMILES string of the molecule is CCN(Cc1ccncc1)C(=O)c1cc(-c2cnc(C)nc2)nc2c(C)cccc12.